The minimum atomic E-state index is -0.171. The van der Waals surface area contributed by atoms with Crippen LogP contribution in [0.1, 0.15) is 25.0 Å². The number of rotatable bonds is 8. The van der Waals surface area contributed by atoms with Crippen molar-refractivity contribution in [2.45, 2.75) is 19.3 Å². The highest BCUT2D eigenvalue weighted by molar-refractivity contribution is 7.25. The molecule has 0 radical (unpaired) electrons. The summed E-state index contributed by atoms with van der Waals surface area (Å²) in [6.45, 7) is 4.77. The average molecular weight is 848 g/mol. The second-order valence-corrected chi connectivity index (χ2v) is 18.8. The van der Waals surface area contributed by atoms with Gasteiger partial charge in [-0.2, -0.15) is 0 Å². The predicted octanol–water partition coefficient (Wildman–Crippen LogP) is 18.2. The normalized spacial score (nSPS) is 12.6. The first-order chi connectivity index (χ1) is 32.0. The third kappa shape index (κ3) is 6.86. The zero-order valence-corrected chi connectivity index (χ0v) is 37.2. The van der Waals surface area contributed by atoms with Crippen LogP contribution in [0.25, 0.3) is 86.9 Å². The van der Waals surface area contributed by atoms with Gasteiger partial charge in [-0.1, -0.05) is 184 Å². The second-order valence-electron chi connectivity index (χ2n) is 17.7. The van der Waals surface area contributed by atoms with Crippen molar-refractivity contribution in [1.82, 2.24) is 0 Å². The Hall–Kier alpha value is -7.78. The van der Waals surface area contributed by atoms with Crippen LogP contribution in [0.5, 0.6) is 0 Å². The van der Waals surface area contributed by atoms with Crippen molar-refractivity contribution in [2.75, 3.05) is 4.90 Å². The molecule has 0 spiro atoms. The van der Waals surface area contributed by atoms with E-state index in [1.165, 1.54) is 98.1 Å². The molecule has 1 aromatic heterocycles. The zero-order valence-electron chi connectivity index (χ0n) is 36.4. The van der Waals surface area contributed by atoms with Crippen LogP contribution in [-0.4, -0.2) is 0 Å². The Labute approximate surface area is 385 Å². The Morgan fingerprint density at radius 2 is 0.800 bits per heavy atom. The molecule has 11 aromatic rings. The molecule has 10 aromatic carbocycles. The molecule has 1 heterocycles. The van der Waals surface area contributed by atoms with Gasteiger partial charge in [-0.15, -0.1) is 11.3 Å². The molecule has 12 rings (SSSR count). The summed E-state index contributed by atoms with van der Waals surface area (Å²) in [6.07, 6.45) is 0. The molecule has 2 heteroatoms. The van der Waals surface area contributed by atoms with E-state index in [0.29, 0.717) is 0 Å². The molecule has 1 aliphatic rings. The number of benzene rings is 10. The van der Waals surface area contributed by atoms with E-state index in [4.69, 9.17) is 0 Å². The van der Waals surface area contributed by atoms with E-state index < -0.39 is 0 Å². The summed E-state index contributed by atoms with van der Waals surface area (Å²) >= 11 is 1.87. The lowest BCUT2D eigenvalue weighted by atomic mass is 9.80. The molecule has 1 aliphatic carbocycles. The molecular formula is C63H45NS. The lowest BCUT2D eigenvalue weighted by Gasteiger charge is -2.27. The Morgan fingerprint density at radius 3 is 1.49 bits per heavy atom. The Kier molecular flexibility index (Phi) is 9.44. The molecule has 0 amide bonds. The topological polar surface area (TPSA) is 3.24 Å². The van der Waals surface area contributed by atoms with Crippen LogP contribution in [0.3, 0.4) is 0 Å². The SMILES string of the molecule is CC1(C)c2ccc(-c3cccc(N(c4ccc(-c5ccc6c(c5)sc5ccccc56)cc4)c4cccc(-c5ccccc5)c4)c3)cc2-c2c(-c3ccccc3)cc(-c3ccccc3)cc21. The van der Waals surface area contributed by atoms with Crippen LogP contribution in [0.15, 0.2) is 237 Å². The van der Waals surface area contributed by atoms with Crippen molar-refractivity contribution in [3.8, 4) is 66.8 Å². The van der Waals surface area contributed by atoms with Gasteiger partial charge in [0.25, 0.3) is 0 Å². The third-order valence-electron chi connectivity index (χ3n) is 13.5. The summed E-state index contributed by atoms with van der Waals surface area (Å²) in [5, 5.41) is 2.65. The van der Waals surface area contributed by atoms with Gasteiger partial charge in [0.1, 0.15) is 0 Å². The number of hydrogen-bond acceptors (Lipinski definition) is 2. The number of anilines is 3. The largest absolute Gasteiger partial charge is 0.310 e. The molecule has 0 saturated carbocycles. The summed E-state index contributed by atoms with van der Waals surface area (Å²) in [4.78, 5) is 2.40. The van der Waals surface area contributed by atoms with Gasteiger partial charge in [-0.25, -0.2) is 0 Å². The van der Waals surface area contributed by atoms with E-state index in [9.17, 15) is 0 Å². The highest BCUT2D eigenvalue weighted by Crippen LogP contribution is 2.54. The van der Waals surface area contributed by atoms with Gasteiger partial charge in [0, 0.05) is 42.6 Å². The maximum atomic E-state index is 2.44. The van der Waals surface area contributed by atoms with E-state index in [1.54, 1.807) is 0 Å². The van der Waals surface area contributed by atoms with Gasteiger partial charge in [-0.3, -0.25) is 0 Å². The van der Waals surface area contributed by atoms with Crippen molar-refractivity contribution < 1.29 is 0 Å². The van der Waals surface area contributed by atoms with Crippen LogP contribution in [-0.2, 0) is 5.41 Å². The van der Waals surface area contributed by atoms with Gasteiger partial charge < -0.3 is 4.90 Å². The van der Waals surface area contributed by atoms with Gasteiger partial charge in [0.2, 0.25) is 0 Å². The molecule has 0 saturated heterocycles. The number of hydrogen-bond donors (Lipinski definition) is 0. The van der Waals surface area contributed by atoms with Gasteiger partial charge in [-0.05, 0) is 145 Å². The van der Waals surface area contributed by atoms with E-state index >= 15 is 0 Å². The first-order valence-electron chi connectivity index (χ1n) is 22.5. The van der Waals surface area contributed by atoms with Gasteiger partial charge >= 0.3 is 0 Å². The van der Waals surface area contributed by atoms with Crippen LogP contribution in [0.4, 0.5) is 17.1 Å². The fourth-order valence-electron chi connectivity index (χ4n) is 10.1. The van der Waals surface area contributed by atoms with E-state index in [1.807, 2.05) is 11.3 Å². The zero-order chi connectivity index (χ0) is 43.5. The summed E-state index contributed by atoms with van der Waals surface area (Å²) < 4.78 is 2.64. The number of fused-ring (bicyclic) bond motifs is 6. The molecule has 0 bridgehead atoms. The summed E-state index contributed by atoms with van der Waals surface area (Å²) in [5.74, 6) is 0. The van der Waals surface area contributed by atoms with Gasteiger partial charge in [0.05, 0.1) is 0 Å². The van der Waals surface area contributed by atoms with Crippen molar-refractivity contribution in [3.05, 3.63) is 248 Å². The first-order valence-corrected chi connectivity index (χ1v) is 23.3. The molecule has 0 fully saturated rings. The molecular weight excluding hydrogens is 803 g/mol. The molecule has 1 nitrogen and oxygen atoms in total. The maximum absolute atomic E-state index is 2.44. The Morgan fingerprint density at radius 1 is 0.308 bits per heavy atom. The minimum Gasteiger partial charge on any atom is -0.310 e. The third-order valence-corrected chi connectivity index (χ3v) is 14.6. The maximum Gasteiger partial charge on any atom is 0.0467 e. The molecule has 0 aliphatic heterocycles. The molecule has 0 atom stereocenters. The molecule has 65 heavy (non-hydrogen) atoms. The van der Waals surface area contributed by atoms with Crippen LogP contribution in [0, 0.1) is 0 Å². The predicted molar refractivity (Wildman–Crippen MR) is 279 cm³/mol. The van der Waals surface area contributed by atoms with Crippen molar-refractivity contribution in [1.29, 1.82) is 0 Å². The highest BCUT2D eigenvalue weighted by Gasteiger charge is 2.38. The van der Waals surface area contributed by atoms with E-state index in [2.05, 4.69) is 255 Å². The quantitative estimate of drug-likeness (QED) is 0.147. The average Bonchev–Trinajstić information content (AvgIpc) is 3.85. The summed E-state index contributed by atoms with van der Waals surface area (Å²) in [7, 11) is 0. The second kappa shape index (κ2) is 15.8. The fourth-order valence-corrected chi connectivity index (χ4v) is 11.3. The molecule has 0 unspecified atom stereocenters. The summed E-state index contributed by atoms with van der Waals surface area (Å²) in [6, 6.07) is 87.1. The lowest BCUT2D eigenvalue weighted by Crippen LogP contribution is -2.15. The number of nitrogens with zero attached hydrogens (tertiary/aromatic N) is 1. The van der Waals surface area contributed by atoms with E-state index in [-0.39, 0.29) is 5.41 Å². The number of thiophene rings is 1. The molecule has 0 N–H and O–H groups in total. The fraction of sp³-hybridized carbons (Fsp3) is 0.0476. The standard InChI is InChI=1S/C63H45NS/c1-63(2)58-35-31-48(38-57(58)62-56(45-20-10-5-11-21-45)39-50(40-59(62)63)43-18-8-4-9-19-43)47-23-15-25-53(37-47)64(52-24-14-22-46(36-52)42-16-6-3-7-17-42)51-32-28-44(29-33-51)49-30-34-55-54-26-12-13-27-60(54)65-61(55)41-49/h3-41H,1-2H3. The van der Waals surface area contributed by atoms with Gasteiger partial charge in [0.15, 0.2) is 0 Å². The highest BCUT2D eigenvalue weighted by atomic mass is 32.1. The monoisotopic (exact) mass is 847 g/mol. The van der Waals surface area contributed by atoms with Crippen LogP contribution < -0.4 is 4.90 Å². The minimum absolute atomic E-state index is 0.171. The van der Waals surface area contributed by atoms with Crippen molar-refractivity contribution >= 4 is 48.6 Å². The first kappa shape index (κ1) is 38.9. The van der Waals surface area contributed by atoms with Crippen LogP contribution >= 0.6 is 11.3 Å². The van der Waals surface area contributed by atoms with Crippen molar-refractivity contribution in [3.63, 3.8) is 0 Å². The van der Waals surface area contributed by atoms with E-state index in [0.717, 1.165) is 17.1 Å². The Bertz CT molecular complexity index is 3550. The lowest BCUT2D eigenvalue weighted by molar-refractivity contribution is 0.661. The smallest absolute Gasteiger partial charge is 0.0467 e. The molecule has 308 valence electrons. The van der Waals surface area contributed by atoms with Crippen LogP contribution in [0.2, 0.25) is 0 Å². The van der Waals surface area contributed by atoms with Crippen molar-refractivity contribution in [2.24, 2.45) is 0 Å². The Balaban J connectivity index is 0.967. The summed E-state index contributed by atoms with van der Waals surface area (Å²) in [5.41, 5.74) is 20.7.